The van der Waals surface area contributed by atoms with Crippen LogP contribution >= 0.6 is 11.6 Å². The first-order chi connectivity index (χ1) is 7.00. The highest BCUT2D eigenvalue weighted by Crippen LogP contribution is 2.18. The highest BCUT2D eigenvalue weighted by molar-refractivity contribution is 6.31. The van der Waals surface area contributed by atoms with E-state index >= 15 is 0 Å². The molecule has 0 radical (unpaired) electrons. The van der Waals surface area contributed by atoms with Crippen LogP contribution in [-0.2, 0) is 4.79 Å². The van der Waals surface area contributed by atoms with Crippen LogP contribution in [0.1, 0.15) is 0 Å². The Bertz CT molecular complexity index is 372. The lowest BCUT2D eigenvalue weighted by Gasteiger charge is -2.10. The van der Waals surface area contributed by atoms with Crippen molar-refractivity contribution in [3.63, 3.8) is 0 Å². The van der Waals surface area contributed by atoms with Crippen molar-refractivity contribution in [1.82, 2.24) is 0 Å². The second-order valence-corrected chi connectivity index (χ2v) is 3.43. The van der Waals surface area contributed by atoms with Crippen molar-refractivity contribution < 1.29 is 9.18 Å². The fourth-order valence-electron chi connectivity index (χ4n) is 0.934. The molecule has 15 heavy (non-hydrogen) atoms. The topological polar surface area (TPSA) is 81.1 Å². The van der Waals surface area contributed by atoms with Gasteiger partial charge in [-0.05, 0) is 18.2 Å². The molecule has 4 nitrogen and oxygen atoms in total. The van der Waals surface area contributed by atoms with E-state index in [-0.39, 0.29) is 11.6 Å². The van der Waals surface area contributed by atoms with E-state index in [1.54, 1.807) is 0 Å². The molecule has 0 aliphatic carbocycles. The minimum absolute atomic E-state index is 0.00708. The number of halogens is 2. The summed E-state index contributed by atoms with van der Waals surface area (Å²) in [5, 5.41) is 2.82. The van der Waals surface area contributed by atoms with Crippen LogP contribution in [0.25, 0.3) is 0 Å². The molecule has 0 aromatic heterocycles. The Hall–Kier alpha value is -1.33. The Morgan fingerprint density at radius 1 is 1.60 bits per heavy atom. The van der Waals surface area contributed by atoms with E-state index in [1.807, 2.05) is 0 Å². The molecule has 0 aliphatic rings. The van der Waals surface area contributed by atoms with Gasteiger partial charge in [0.15, 0.2) is 0 Å². The summed E-state index contributed by atoms with van der Waals surface area (Å²) in [7, 11) is 0. The molecular weight excluding hydrogens is 221 g/mol. The third-order valence-electron chi connectivity index (χ3n) is 1.81. The van der Waals surface area contributed by atoms with Crippen LogP contribution in [0.5, 0.6) is 0 Å². The minimum atomic E-state index is -0.783. The summed E-state index contributed by atoms with van der Waals surface area (Å²) in [5.74, 6) is -1.10. The van der Waals surface area contributed by atoms with Crippen LogP contribution in [0.3, 0.4) is 0 Å². The normalized spacial score (nSPS) is 12.2. The second kappa shape index (κ2) is 4.95. The highest BCUT2D eigenvalue weighted by atomic mass is 35.5. The number of amides is 1. The van der Waals surface area contributed by atoms with Gasteiger partial charge in [0.05, 0.1) is 5.02 Å². The van der Waals surface area contributed by atoms with Gasteiger partial charge in [0.25, 0.3) is 0 Å². The standard InChI is InChI=1S/C9H11ClFN3O/c10-6-3-5(1-2-7(6)11)14-4-8(12)9(13)15/h1-3,8,14H,4,12H2,(H2,13,15). The number of benzene rings is 1. The van der Waals surface area contributed by atoms with Gasteiger partial charge in [0.2, 0.25) is 5.91 Å². The van der Waals surface area contributed by atoms with Gasteiger partial charge in [-0.3, -0.25) is 4.79 Å². The monoisotopic (exact) mass is 231 g/mol. The molecule has 0 saturated heterocycles. The molecule has 0 spiro atoms. The van der Waals surface area contributed by atoms with Crippen molar-refractivity contribution >= 4 is 23.2 Å². The maximum absolute atomic E-state index is 12.8. The summed E-state index contributed by atoms with van der Waals surface area (Å²) < 4.78 is 12.8. The Balaban J connectivity index is 2.58. The summed E-state index contributed by atoms with van der Waals surface area (Å²) in [5.41, 5.74) is 10.9. The number of carbonyl (C=O) groups excluding carboxylic acids is 1. The average molecular weight is 232 g/mol. The van der Waals surface area contributed by atoms with Gasteiger partial charge in [-0.2, -0.15) is 0 Å². The Kier molecular flexibility index (Phi) is 3.88. The van der Waals surface area contributed by atoms with Crippen LogP contribution in [0.2, 0.25) is 5.02 Å². The van der Waals surface area contributed by atoms with Gasteiger partial charge >= 0.3 is 0 Å². The summed E-state index contributed by atoms with van der Waals surface area (Å²) in [6, 6.07) is 3.34. The predicted molar refractivity (Wildman–Crippen MR) is 57.1 cm³/mol. The molecule has 0 saturated carbocycles. The van der Waals surface area contributed by atoms with E-state index in [0.29, 0.717) is 5.69 Å². The Morgan fingerprint density at radius 2 is 2.27 bits per heavy atom. The van der Waals surface area contributed by atoms with Crippen molar-refractivity contribution in [3.05, 3.63) is 29.0 Å². The van der Waals surface area contributed by atoms with Gasteiger partial charge in [0, 0.05) is 12.2 Å². The van der Waals surface area contributed by atoms with E-state index in [2.05, 4.69) is 5.32 Å². The van der Waals surface area contributed by atoms with Gasteiger partial charge in [-0.25, -0.2) is 4.39 Å². The second-order valence-electron chi connectivity index (χ2n) is 3.02. The quantitative estimate of drug-likeness (QED) is 0.714. The predicted octanol–water partition coefficient (Wildman–Crippen LogP) is 0.704. The lowest BCUT2D eigenvalue weighted by atomic mass is 10.2. The molecule has 1 aromatic carbocycles. The molecule has 5 N–H and O–H groups in total. The van der Waals surface area contributed by atoms with E-state index < -0.39 is 17.8 Å². The molecule has 0 fully saturated rings. The third-order valence-corrected chi connectivity index (χ3v) is 2.10. The first kappa shape index (κ1) is 11.7. The minimum Gasteiger partial charge on any atom is -0.383 e. The highest BCUT2D eigenvalue weighted by Gasteiger charge is 2.08. The summed E-state index contributed by atoms with van der Waals surface area (Å²) >= 11 is 5.55. The Morgan fingerprint density at radius 3 is 2.80 bits per heavy atom. The van der Waals surface area contributed by atoms with E-state index in [9.17, 15) is 9.18 Å². The molecule has 1 aromatic rings. The molecule has 1 atom stereocenters. The molecule has 1 amide bonds. The van der Waals surface area contributed by atoms with Gasteiger partial charge in [-0.15, -0.1) is 0 Å². The van der Waals surface area contributed by atoms with Gasteiger partial charge in [0.1, 0.15) is 11.9 Å². The maximum Gasteiger partial charge on any atom is 0.236 e. The van der Waals surface area contributed by atoms with E-state index in [4.69, 9.17) is 23.1 Å². The number of rotatable bonds is 4. The van der Waals surface area contributed by atoms with E-state index in [0.717, 1.165) is 0 Å². The Labute approximate surface area is 91.4 Å². The van der Waals surface area contributed by atoms with Crippen molar-refractivity contribution in [1.29, 1.82) is 0 Å². The van der Waals surface area contributed by atoms with Crippen molar-refractivity contribution in [2.75, 3.05) is 11.9 Å². The number of hydrogen-bond acceptors (Lipinski definition) is 3. The SMILES string of the molecule is NC(=O)C(N)CNc1ccc(F)c(Cl)c1. The zero-order chi connectivity index (χ0) is 11.4. The fourth-order valence-corrected chi connectivity index (χ4v) is 1.12. The third kappa shape index (κ3) is 3.38. The van der Waals surface area contributed by atoms with Crippen LogP contribution in [0.4, 0.5) is 10.1 Å². The molecule has 1 rings (SSSR count). The summed E-state index contributed by atoms with van der Waals surface area (Å²) in [6.45, 7) is 0.178. The number of nitrogens with two attached hydrogens (primary N) is 2. The maximum atomic E-state index is 12.8. The summed E-state index contributed by atoms with van der Waals surface area (Å²) in [4.78, 5) is 10.6. The zero-order valence-electron chi connectivity index (χ0n) is 7.84. The van der Waals surface area contributed by atoms with E-state index in [1.165, 1.54) is 18.2 Å². The molecule has 82 valence electrons. The van der Waals surface area contributed by atoms with Crippen molar-refractivity contribution in [2.45, 2.75) is 6.04 Å². The largest absolute Gasteiger partial charge is 0.383 e. The molecule has 0 heterocycles. The molecule has 6 heteroatoms. The lowest BCUT2D eigenvalue weighted by molar-refractivity contribution is -0.118. The zero-order valence-corrected chi connectivity index (χ0v) is 8.59. The van der Waals surface area contributed by atoms with Crippen molar-refractivity contribution in [2.24, 2.45) is 11.5 Å². The lowest BCUT2D eigenvalue weighted by Crippen LogP contribution is -2.41. The van der Waals surface area contributed by atoms with Crippen LogP contribution < -0.4 is 16.8 Å². The van der Waals surface area contributed by atoms with Crippen LogP contribution in [-0.4, -0.2) is 18.5 Å². The smallest absolute Gasteiger partial charge is 0.236 e. The number of nitrogens with one attached hydrogen (secondary N) is 1. The average Bonchev–Trinajstić information content (AvgIpc) is 2.19. The van der Waals surface area contributed by atoms with Crippen molar-refractivity contribution in [3.8, 4) is 0 Å². The molecule has 0 bridgehead atoms. The molecule has 0 aliphatic heterocycles. The van der Waals surface area contributed by atoms with Gasteiger partial charge < -0.3 is 16.8 Å². The van der Waals surface area contributed by atoms with Crippen LogP contribution in [0.15, 0.2) is 18.2 Å². The first-order valence-corrected chi connectivity index (χ1v) is 4.62. The number of hydrogen-bond donors (Lipinski definition) is 3. The molecular formula is C9H11ClFN3O. The molecule has 1 unspecified atom stereocenters. The fraction of sp³-hybridized carbons (Fsp3) is 0.222. The number of anilines is 1. The summed E-state index contributed by atoms with van der Waals surface area (Å²) in [6.07, 6.45) is 0. The van der Waals surface area contributed by atoms with Gasteiger partial charge in [-0.1, -0.05) is 11.6 Å². The number of primary amides is 1. The van der Waals surface area contributed by atoms with Crippen LogP contribution in [0, 0.1) is 5.82 Å². The number of carbonyl (C=O) groups is 1. The first-order valence-electron chi connectivity index (χ1n) is 4.24.